The summed E-state index contributed by atoms with van der Waals surface area (Å²) in [7, 11) is -7.48. The Bertz CT molecular complexity index is 3820. The van der Waals surface area contributed by atoms with Gasteiger partial charge in [-0.1, -0.05) is 46.3 Å². The van der Waals surface area contributed by atoms with Gasteiger partial charge in [-0.25, -0.2) is 27.1 Å². The van der Waals surface area contributed by atoms with Crippen molar-refractivity contribution in [3.63, 3.8) is 0 Å². The van der Waals surface area contributed by atoms with Gasteiger partial charge in [0.25, 0.3) is 23.4 Å². The first-order valence-corrected chi connectivity index (χ1v) is 33.0. The van der Waals surface area contributed by atoms with Gasteiger partial charge < -0.3 is 31.9 Å². The molecule has 18 nitrogen and oxygen atoms in total. The molecule has 84 heavy (non-hydrogen) atoms. The van der Waals surface area contributed by atoms with Crippen LogP contribution >= 0.6 is 106 Å². The molecule has 3 amide bonds. The maximum Gasteiger partial charge on any atom is 0.270 e. The number of nitrogens with two attached hydrogens (primary N) is 2. The van der Waals surface area contributed by atoms with Crippen molar-refractivity contribution in [2.45, 2.75) is 43.7 Å². The van der Waals surface area contributed by atoms with E-state index in [1.165, 1.54) is 36.4 Å². The Morgan fingerprint density at radius 1 is 0.500 bits per heavy atom. The molecule has 436 valence electrons. The van der Waals surface area contributed by atoms with Gasteiger partial charge in [0.05, 0.1) is 48.5 Å². The lowest BCUT2D eigenvalue weighted by molar-refractivity contribution is -0.384. The van der Waals surface area contributed by atoms with Gasteiger partial charge in [0.15, 0.2) is 0 Å². The van der Waals surface area contributed by atoms with Crippen LogP contribution in [-0.4, -0.2) is 46.0 Å². The number of amides is 3. The normalized spacial score (nSPS) is 10.9. The summed E-state index contributed by atoms with van der Waals surface area (Å²) in [6, 6.07) is 45.4. The van der Waals surface area contributed by atoms with Crippen molar-refractivity contribution in [2.75, 3.05) is 22.5 Å². The van der Waals surface area contributed by atoms with E-state index >= 15 is 0 Å². The first-order valence-electron chi connectivity index (χ1n) is 24.8. The number of carbonyl (C=O) groups excluding carboxylic acids is 3. The van der Waals surface area contributed by atoms with Crippen molar-refractivity contribution in [3.05, 3.63) is 244 Å². The molecule has 8 rings (SSSR count). The second-order valence-corrected chi connectivity index (χ2v) is 27.4. The molecule has 0 aliphatic carbocycles. The lowest BCUT2D eigenvalue weighted by atomic mass is 10.1. The number of hydrogen-bond acceptors (Lipinski definition) is 12. The van der Waals surface area contributed by atoms with Crippen molar-refractivity contribution in [1.29, 1.82) is 0 Å². The highest BCUT2D eigenvalue weighted by atomic mass is 127. The molecule has 25 heteroatoms. The highest BCUT2D eigenvalue weighted by molar-refractivity contribution is 14.1. The van der Waals surface area contributed by atoms with Crippen LogP contribution in [0.15, 0.2) is 185 Å². The van der Waals surface area contributed by atoms with E-state index in [-0.39, 0.29) is 52.5 Å². The molecular weight excluding hydrogens is 1630 g/mol. The van der Waals surface area contributed by atoms with Gasteiger partial charge in [0.1, 0.15) is 0 Å². The number of rotatable bonds is 18. The number of nitro groups is 1. The Balaban J connectivity index is 0.000000204. The molecule has 0 aliphatic rings. The molecular formula is C59H54BrI4N9O9S2. The molecule has 0 heterocycles. The molecule has 0 spiro atoms. The Morgan fingerprint density at radius 3 is 1.20 bits per heavy atom. The number of carbonyl (C=O) groups is 3. The topological polar surface area (TPSA) is 287 Å². The summed E-state index contributed by atoms with van der Waals surface area (Å²) in [6.45, 7) is 10.3. The van der Waals surface area contributed by atoms with Crippen LogP contribution in [0.25, 0.3) is 0 Å². The maximum absolute atomic E-state index is 12.9. The molecule has 0 aromatic heterocycles. The fraction of sp³-hybridized carbons (Fsp3) is 0.102. The molecule has 10 N–H and O–H groups in total. The number of anilines is 6. The third-order valence-corrected chi connectivity index (χ3v) is 17.1. The average Bonchev–Trinajstić information content (AvgIpc) is 3.57. The zero-order chi connectivity index (χ0) is 61.5. The zero-order valence-electron chi connectivity index (χ0n) is 44.9. The molecule has 0 atom stereocenters. The lowest BCUT2D eigenvalue weighted by Gasteiger charge is -2.15. The number of aryl methyl sites for hydroxylation is 3. The SMILES string of the molecule is C=CCNC(=O)c1cc([N+](=O)[O-])ccc1Nc1ccc(I)cc1C.Cc1cc(I)ccc1Nc1ccc(Br)cc1C(=O)NCc1ccc(S(N)(=O)=O)cc1.Cc1cc(I)ccc1Nc1ccc(I)cc1C(=O)NCc1ccc(S(N)(=O)=O)cc1. The van der Waals surface area contributed by atoms with Crippen LogP contribution in [0.5, 0.6) is 0 Å². The van der Waals surface area contributed by atoms with Crippen molar-refractivity contribution in [2.24, 2.45) is 10.3 Å². The smallest absolute Gasteiger partial charge is 0.270 e. The van der Waals surface area contributed by atoms with E-state index in [1.54, 1.807) is 42.5 Å². The predicted molar refractivity (Wildman–Crippen MR) is 368 cm³/mol. The van der Waals surface area contributed by atoms with Gasteiger partial charge in [-0.05, 0) is 260 Å². The number of sulfonamides is 2. The van der Waals surface area contributed by atoms with Gasteiger partial charge >= 0.3 is 0 Å². The minimum Gasteiger partial charge on any atom is -0.355 e. The van der Waals surface area contributed by atoms with Crippen LogP contribution in [-0.2, 0) is 33.1 Å². The van der Waals surface area contributed by atoms with Crippen LogP contribution in [0.1, 0.15) is 58.9 Å². The van der Waals surface area contributed by atoms with E-state index in [1.807, 2.05) is 93.6 Å². The van der Waals surface area contributed by atoms with E-state index in [4.69, 9.17) is 10.3 Å². The second-order valence-electron chi connectivity index (χ2n) is 18.4. The number of primary sulfonamides is 2. The number of nitro benzene ring substituents is 1. The first kappa shape index (κ1) is 67.1. The Kier molecular flexibility index (Phi) is 24.6. The van der Waals surface area contributed by atoms with Crippen molar-refractivity contribution in [3.8, 4) is 0 Å². The van der Waals surface area contributed by atoms with E-state index in [9.17, 15) is 41.3 Å². The highest BCUT2D eigenvalue weighted by Gasteiger charge is 2.19. The number of benzene rings is 8. The van der Waals surface area contributed by atoms with Crippen LogP contribution in [0.3, 0.4) is 0 Å². The number of nitrogens with zero attached hydrogens (tertiary/aromatic N) is 1. The predicted octanol–water partition coefficient (Wildman–Crippen LogP) is 13.4. The standard InChI is InChI=1S/C21H19BrIN3O3S.C21H19I2N3O3S.C17H16IN3O3/c1-13-10-16(23)5-9-19(13)26-20-8-4-15(22)11-18(20)21(27)25-12-14-2-6-17(7-3-14)30(24,28)29;1-13-10-15(22)4-8-19(13)26-20-9-5-16(23)11-18(20)21(27)25-12-14-2-6-17(7-3-14)30(24,28)29;1-3-8-19-17(22)14-10-13(21(23)24)5-7-16(14)20-15-6-4-12(18)9-11(15)2/h2*2-11,26H,12H2,1H3,(H,25,27)(H2,24,28,29);3-7,9-10,20H,1,8H2,2H3,(H,19,22). The first-order chi connectivity index (χ1) is 39.7. The molecule has 0 saturated carbocycles. The van der Waals surface area contributed by atoms with E-state index in [2.05, 4.69) is 157 Å². The third kappa shape index (κ3) is 20.0. The van der Waals surface area contributed by atoms with Gasteiger partial charge in [-0.2, -0.15) is 0 Å². The number of hydrogen-bond donors (Lipinski definition) is 8. The van der Waals surface area contributed by atoms with Gasteiger partial charge in [-0.15, -0.1) is 6.58 Å². The van der Waals surface area contributed by atoms with Crippen molar-refractivity contribution in [1.82, 2.24) is 16.0 Å². The summed E-state index contributed by atoms with van der Waals surface area (Å²) in [6.07, 6.45) is 1.55. The van der Waals surface area contributed by atoms with Crippen LogP contribution < -0.4 is 42.2 Å². The number of non-ortho nitro benzene ring substituents is 1. The van der Waals surface area contributed by atoms with Gasteiger partial charge in [-0.3, -0.25) is 24.5 Å². The van der Waals surface area contributed by atoms with E-state index in [0.717, 1.165) is 63.6 Å². The average molecular weight is 1680 g/mol. The summed E-state index contributed by atoms with van der Waals surface area (Å²) >= 11 is 12.3. The van der Waals surface area contributed by atoms with Gasteiger partial charge in [0, 0.05) is 67.6 Å². The molecule has 0 bridgehead atoms. The zero-order valence-corrected chi connectivity index (χ0v) is 56.7. The molecule has 0 radical (unpaired) electrons. The maximum atomic E-state index is 12.9. The fourth-order valence-corrected chi connectivity index (χ4v) is 11.5. The number of nitrogens with one attached hydrogen (secondary N) is 6. The highest BCUT2D eigenvalue weighted by Crippen LogP contribution is 2.31. The molecule has 0 saturated heterocycles. The van der Waals surface area contributed by atoms with Crippen molar-refractivity contribution >= 4 is 184 Å². The lowest BCUT2D eigenvalue weighted by Crippen LogP contribution is -2.24. The quantitative estimate of drug-likeness (QED) is 0.0172. The molecule has 0 aliphatic heterocycles. The Morgan fingerprint density at radius 2 is 0.833 bits per heavy atom. The monoisotopic (exact) mass is 1680 g/mol. The molecule has 8 aromatic carbocycles. The molecule has 0 fully saturated rings. The minimum absolute atomic E-state index is 0.0314. The molecule has 8 aromatic rings. The summed E-state index contributed by atoms with van der Waals surface area (Å²) in [5.74, 6) is -0.878. The molecule has 0 unspecified atom stereocenters. The van der Waals surface area contributed by atoms with Gasteiger partial charge in [0.2, 0.25) is 20.0 Å². The number of halogens is 5. The Hall–Kier alpha value is -6.07. The second kappa shape index (κ2) is 30.8. The van der Waals surface area contributed by atoms with Crippen LogP contribution in [0.2, 0.25) is 0 Å². The Labute approximate surface area is 550 Å². The summed E-state index contributed by atoms with van der Waals surface area (Å²) in [5.41, 5.74) is 10.4. The largest absolute Gasteiger partial charge is 0.355 e. The summed E-state index contributed by atoms with van der Waals surface area (Å²) in [5, 5.41) is 39.5. The summed E-state index contributed by atoms with van der Waals surface area (Å²) in [4.78, 5) is 48.6. The van der Waals surface area contributed by atoms with Crippen LogP contribution in [0, 0.1) is 45.2 Å². The minimum atomic E-state index is -3.74. The summed E-state index contributed by atoms with van der Waals surface area (Å²) < 4.78 is 50.5. The van der Waals surface area contributed by atoms with E-state index < -0.39 is 30.9 Å². The third-order valence-electron chi connectivity index (χ3n) is 12.1. The van der Waals surface area contributed by atoms with Crippen molar-refractivity contribution < 1.29 is 36.1 Å². The van der Waals surface area contributed by atoms with Crippen LogP contribution in [0.4, 0.5) is 39.8 Å². The fourth-order valence-electron chi connectivity index (χ4n) is 7.72. The van der Waals surface area contributed by atoms with E-state index in [0.29, 0.717) is 28.2 Å².